The van der Waals surface area contributed by atoms with Gasteiger partial charge in [-0.2, -0.15) is 0 Å². The van der Waals surface area contributed by atoms with Gasteiger partial charge in [-0.05, 0) is 56.9 Å². The molecule has 3 heterocycles. The molecule has 3 aromatic heterocycles. The van der Waals surface area contributed by atoms with Crippen LogP contribution in [0.15, 0.2) is 42.7 Å². The van der Waals surface area contributed by atoms with Crippen molar-refractivity contribution in [2.75, 3.05) is 0 Å². The highest BCUT2D eigenvalue weighted by atomic mass is 15.1. The zero-order valence-corrected chi connectivity index (χ0v) is 13.8. The van der Waals surface area contributed by atoms with Crippen LogP contribution in [-0.4, -0.2) is 19.5 Å². The van der Waals surface area contributed by atoms with E-state index in [0.717, 1.165) is 28.6 Å². The third-order valence-corrected chi connectivity index (χ3v) is 4.11. The van der Waals surface area contributed by atoms with E-state index in [0.29, 0.717) is 5.92 Å². The fourth-order valence-corrected chi connectivity index (χ4v) is 2.70. The summed E-state index contributed by atoms with van der Waals surface area (Å²) in [6, 6.07) is 10.1. The molecule has 0 radical (unpaired) electrons. The van der Waals surface area contributed by atoms with Gasteiger partial charge in [0.2, 0.25) is 0 Å². The summed E-state index contributed by atoms with van der Waals surface area (Å²) in [6.45, 7) is 3.94. The molecule has 0 bridgehead atoms. The first kappa shape index (κ1) is 14.6. The van der Waals surface area contributed by atoms with Crippen molar-refractivity contribution in [2.45, 2.75) is 32.6 Å². The van der Waals surface area contributed by atoms with Crippen molar-refractivity contribution in [3.05, 3.63) is 71.2 Å². The van der Waals surface area contributed by atoms with E-state index in [-0.39, 0.29) is 0 Å². The topological polar surface area (TPSA) is 43.6 Å². The quantitative estimate of drug-likeness (QED) is 0.679. The fraction of sp³-hybridized carbons (Fsp3) is 0.250. The molecule has 1 saturated carbocycles. The highest BCUT2D eigenvalue weighted by Crippen LogP contribution is 2.39. The van der Waals surface area contributed by atoms with E-state index in [2.05, 4.69) is 33.9 Å². The molecule has 0 aliphatic heterocycles. The summed E-state index contributed by atoms with van der Waals surface area (Å²) in [7, 11) is 0. The van der Waals surface area contributed by atoms with Gasteiger partial charge in [0.1, 0.15) is 17.3 Å². The molecule has 1 aliphatic carbocycles. The minimum Gasteiger partial charge on any atom is -0.287 e. The van der Waals surface area contributed by atoms with Crippen LogP contribution in [0.1, 0.15) is 47.2 Å². The van der Waals surface area contributed by atoms with Crippen molar-refractivity contribution in [3.8, 4) is 17.7 Å². The van der Waals surface area contributed by atoms with E-state index in [1.807, 2.05) is 42.8 Å². The molecule has 3 aromatic rings. The lowest BCUT2D eigenvalue weighted by Gasteiger charge is -2.05. The molecular formula is C20H18N4. The van der Waals surface area contributed by atoms with Crippen molar-refractivity contribution in [3.63, 3.8) is 0 Å². The van der Waals surface area contributed by atoms with Gasteiger partial charge in [0, 0.05) is 35.3 Å². The van der Waals surface area contributed by atoms with Gasteiger partial charge in [0.05, 0.1) is 0 Å². The Morgan fingerprint density at radius 1 is 1.08 bits per heavy atom. The summed E-state index contributed by atoms with van der Waals surface area (Å²) in [5.41, 5.74) is 3.84. The van der Waals surface area contributed by atoms with E-state index in [4.69, 9.17) is 4.98 Å². The van der Waals surface area contributed by atoms with Gasteiger partial charge >= 0.3 is 0 Å². The van der Waals surface area contributed by atoms with Gasteiger partial charge in [0.25, 0.3) is 0 Å². The second-order valence-corrected chi connectivity index (χ2v) is 6.17. The summed E-state index contributed by atoms with van der Waals surface area (Å²) in [6.07, 6.45) is 6.23. The second kappa shape index (κ2) is 5.93. The Kier molecular flexibility index (Phi) is 3.62. The molecule has 4 heteroatoms. The number of aryl methyl sites for hydroxylation is 2. The van der Waals surface area contributed by atoms with E-state index in [1.54, 1.807) is 6.20 Å². The molecule has 24 heavy (non-hydrogen) atoms. The molecule has 0 spiro atoms. The Labute approximate surface area is 141 Å². The molecule has 0 unspecified atom stereocenters. The minimum atomic E-state index is 0.642. The summed E-state index contributed by atoms with van der Waals surface area (Å²) >= 11 is 0. The van der Waals surface area contributed by atoms with Crippen LogP contribution in [0, 0.1) is 25.7 Å². The van der Waals surface area contributed by atoms with Gasteiger partial charge < -0.3 is 0 Å². The number of nitrogens with zero attached hydrogens (tertiary/aromatic N) is 4. The maximum absolute atomic E-state index is 4.78. The Morgan fingerprint density at radius 3 is 2.75 bits per heavy atom. The second-order valence-electron chi connectivity index (χ2n) is 6.17. The van der Waals surface area contributed by atoms with Gasteiger partial charge in [-0.15, -0.1) is 0 Å². The Bertz CT molecular complexity index is 955. The molecule has 0 amide bonds. The van der Waals surface area contributed by atoms with Crippen LogP contribution in [0.4, 0.5) is 0 Å². The number of rotatable bonds is 2. The average Bonchev–Trinajstić information content (AvgIpc) is 3.36. The van der Waals surface area contributed by atoms with Crippen LogP contribution in [0.25, 0.3) is 5.82 Å². The predicted octanol–water partition coefficient (Wildman–Crippen LogP) is 3.56. The lowest BCUT2D eigenvalue weighted by atomic mass is 10.2. The Morgan fingerprint density at radius 2 is 1.96 bits per heavy atom. The van der Waals surface area contributed by atoms with Gasteiger partial charge in [0.15, 0.2) is 0 Å². The minimum absolute atomic E-state index is 0.642. The summed E-state index contributed by atoms with van der Waals surface area (Å²) in [5.74, 6) is 8.73. The lowest BCUT2D eigenvalue weighted by Crippen LogP contribution is -2.00. The van der Waals surface area contributed by atoms with Crippen LogP contribution in [0.5, 0.6) is 0 Å². The monoisotopic (exact) mass is 314 g/mol. The molecular weight excluding hydrogens is 296 g/mol. The van der Waals surface area contributed by atoms with Gasteiger partial charge in [-0.25, -0.2) is 9.97 Å². The zero-order valence-electron chi connectivity index (χ0n) is 13.8. The van der Waals surface area contributed by atoms with Crippen molar-refractivity contribution >= 4 is 0 Å². The fourth-order valence-electron chi connectivity index (χ4n) is 2.70. The first-order chi connectivity index (χ1) is 11.7. The standard InChI is InChI=1S/C20H18N4/c1-14-12-16(10-11-21-14)6-9-18-13-24(15(2)22-18)20-5-3-4-19(23-20)17-7-8-17/h3-5,10-13,17H,7-8H2,1-2H3. The normalized spacial score (nSPS) is 13.4. The molecule has 4 nitrogen and oxygen atoms in total. The third kappa shape index (κ3) is 3.07. The third-order valence-electron chi connectivity index (χ3n) is 4.11. The Balaban J connectivity index is 1.64. The van der Waals surface area contributed by atoms with Crippen LogP contribution in [0.3, 0.4) is 0 Å². The molecule has 1 aliphatic rings. The molecule has 1 fully saturated rings. The van der Waals surface area contributed by atoms with E-state index in [9.17, 15) is 0 Å². The average molecular weight is 314 g/mol. The van der Waals surface area contributed by atoms with Crippen LogP contribution in [0.2, 0.25) is 0 Å². The van der Waals surface area contributed by atoms with Crippen molar-refractivity contribution in [2.24, 2.45) is 0 Å². The van der Waals surface area contributed by atoms with Crippen molar-refractivity contribution in [1.82, 2.24) is 19.5 Å². The first-order valence-corrected chi connectivity index (χ1v) is 8.17. The van der Waals surface area contributed by atoms with Crippen molar-refractivity contribution in [1.29, 1.82) is 0 Å². The predicted molar refractivity (Wildman–Crippen MR) is 93.0 cm³/mol. The van der Waals surface area contributed by atoms with Crippen LogP contribution < -0.4 is 0 Å². The molecule has 0 aromatic carbocycles. The number of hydrogen-bond donors (Lipinski definition) is 0. The van der Waals surface area contributed by atoms with Crippen molar-refractivity contribution < 1.29 is 0 Å². The highest BCUT2D eigenvalue weighted by molar-refractivity contribution is 5.41. The highest BCUT2D eigenvalue weighted by Gasteiger charge is 2.25. The number of aromatic nitrogens is 4. The molecule has 0 atom stereocenters. The van der Waals surface area contributed by atoms with E-state index < -0.39 is 0 Å². The van der Waals surface area contributed by atoms with Crippen LogP contribution >= 0.6 is 0 Å². The summed E-state index contributed by atoms with van der Waals surface area (Å²) < 4.78 is 2.01. The zero-order chi connectivity index (χ0) is 16.5. The first-order valence-electron chi connectivity index (χ1n) is 8.17. The Hall–Kier alpha value is -2.93. The number of imidazole rings is 1. The maximum Gasteiger partial charge on any atom is 0.138 e. The molecule has 118 valence electrons. The largest absolute Gasteiger partial charge is 0.287 e. The number of pyridine rings is 2. The van der Waals surface area contributed by atoms with Crippen LogP contribution in [-0.2, 0) is 0 Å². The van der Waals surface area contributed by atoms with E-state index in [1.165, 1.54) is 18.5 Å². The lowest BCUT2D eigenvalue weighted by molar-refractivity contribution is 0.901. The smallest absolute Gasteiger partial charge is 0.138 e. The molecule has 0 N–H and O–H groups in total. The summed E-state index contributed by atoms with van der Waals surface area (Å²) in [5, 5.41) is 0. The molecule has 4 rings (SSSR count). The van der Waals surface area contributed by atoms with Gasteiger partial charge in [-0.3, -0.25) is 9.55 Å². The SMILES string of the molecule is Cc1cc(C#Cc2cn(-c3cccc(C4CC4)n3)c(C)n2)ccn1. The summed E-state index contributed by atoms with van der Waals surface area (Å²) in [4.78, 5) is 13.5. The van der Waals surface area contributed by atoms with Gasteiger partial charge in [-0.1, -0.05) is 12.0 Å². The molecule has 0 saturated heterocycles. The van der Waals surface area contributed by atoms with E-state index >= 15 is 0 Å². The number of hydrogen-bond acceptors (Lipinski definition) is 3. The maximum atomic E-state index is 4.78.